The van der Waals surface area contributed by atoms with Crippen LogP contribution in [-0.4, -0.2) is 18.7 Å². The summed E-state index contributed by atoms with van der Waals surface area (Å²) in [6.45, 7) is 1.76. The molecule has 2 aliphatic heterocycles. The minimum Gasteiger partial charge on any atom is -0.485 e. The van der Waals surface area contributed by atoms with Gasteiger partial charge in [0.25, 0.3) is 0 Å². The molecule has 1 atom stereocenters. The maximum absolute atomic E-state index is 14.2. The summed E-state index contributed by atoms with van der Waals surface area (Å²) in [6, 6.07) is 5.30. The van der Waals surface area contributed by atoms with Crippen LogP contribution in [0.5, 0.6) is 5.75 Å². The molecule has 17 heavy (non-hydrogen) atoms. The van der Waals surface area contributed by atoms with Gasteiger partial charge in [-0.05, 0) is 32.0 Å². The molecule has 0 aliphatic carbocycles. The molecule has 1 fully saturated rings. The van der Waals surface area contributed by atoms with Crippen LogP contribution in [0.25, 0.3) is 0 Å². The Labute approximate surface area is 105 Å². The minimum absolute atomic E-state index is 0.358. The average Bonchev–Trinajstić information content (AvgIpc) is 2.32. The second-order valence-electron chi connectivity index (χ2n) is 4.86. The largest absolute Gasteiger partial charge is 0.485 e. The number of ether oxygens (including phenoxy) is 1. The SMILES string of the molecule is FC1CC2(CCNCC2)Oc2c(Cl)cccc21. The predicted octanol–water partition coefficient (Wildman–Crippen LogP) is 3.26. The van der Waals surface area contributed by atoms with Gasteiger partial charge in [0.05, 0.1) is 5.02 Å². The molecule has 2 aliphatic rings. The zero-order valence-corrected chi connectivity index (χ0v) is 10.3. The Hall–Kier alpha value is -0.800. The van der Waals surface area contributed by atoms with Gasteiger partial charge in [-0.2, -0.15) is 0 Å². The third-order valence-electron chi connectivity index (χ3n) is 3.72. The fraction of sp³-hybridized carbons (Fsp3) is 0.538. The number of piperidine rings is 1. The maximum Gasteiger partial charge on any atom is 0.144 e. The van der Waals surface area contributed by atoms with E-state index in [9.17, 15) is 4.39 Å². The summed E-state index contributed by atoms with van der Waals surface area (Å²) in [7, 11) is 0. The number of halogens is 2. The van der Waals surface area contributed by atoms with Crippen molar-refractivity contribution in [2.45, 2.75) is 31.0 Å². The second kappa shape index (κ2) is 4.14. The molecule has 0 amide bonds. The highest BCUT2D eigenvalue weighted by Gasteiger charge is 2.42. The van der Waals surface area contributed by atoms with Crippen molar-refractivity contribution in [1.82, 2.24) is 5.32 Å². The van der Waals surface area contributed by atoms with Crippen LogP contribution in [0.2, 0.25) is 5.02 Å². The molecule has 0 radical (unpaired) electrons. The second-order valence-corrected chi connectivity index (χ2v) is 5.27. The lowest BCUT2D eigenvalue weighted by molar-refractivity contribution is -0.0119. The van der Waals surface area contributed by atoms with Gasteiger partial charge in [0.1, 0.15) is 17.5 Å². The van der Waals surface area contributed by atoms with E-state index in [0.717, 1.165) is 25.9 Å². The fourth-order valence-electron chi connectivity index (χ4n) is 2.76. The molecule has 1 N–H and O–H groups in total. The Balaban J connectivity index is 1.99. The lowest BCUT2D eigenvalue weighted by Crippen LogP contribution is -2.48. The van der Waals surface area contributed by atoms with Gasteiger partial charge in [-0.25, -0.2) is 4.39 Å². The molecule has 0 saturated carbocycles. The van der Waals surface area contributed by atoms with E-state index < -0.39 is 6.17 Å². The summed E-state index contributed by atoms with van der Waals surface area (Å²) in [4.78, 5) is 0. The number of hydrogen-bond donors (Lipinski definition) is 1. The molecule has 2 nitrogen and oxygen atoms in total. The van der Waals surface area contributed by atoms with Gasteiger partial charge in [-0.15, -0.1) is 0 Å². The molecule has 1 spiro atoms. The first kappa shape index (κ1) is 11.3. The van der Waals surface area contributed by atoms with Crippen LogP contribution in [0.3, 0.4) is 0 Å². The normalized spacial score (nSPS) is 26.4. The first-order valence-electron chi connectivity index (χ1n) is 6.02. The quantitative estimate of drug-likeness (QED) is 0.768. The molecule has 3 rings (SSSR count). The van der Waals surface area contributed by atoms with Gasteiger partial charge < -0.3 is 10.1 Å². The monoisotopic (exact) mass is 255 g/mol. The predicted molar refractivity (Wildman–Crippen MR) is 65.4 cm³/mol. The van der Waals surface area contributed by atoms with Crippen LogP contribution in [0, 0.1) is 0 Å². The van der Waals surface area contributed by atoms with Crippen molar-refractivity contribution in [3.05, 3.63) is 28.8 Å². The Morgan fingerprint density at radius 3 is 2.88 bits per heavy atom. The number of nitrogens with one attached hydrogen (secondary N) is 1. The van der Waals surface area contributed by atoms with Crippen LogP contribution < -0.4 is 10.1 Å². The van der Waals surface area contributed by atoms with Gasteiger partial charge in [0, 0.05) is 12.0 Å². The van der Waals surface area contributed by atoms with E-state index in [1.54, 1.807) is 18.2 Å². The first-order valence-corrected chi connectivity index (χ1v) is 6.40. The number of fused-ring (bicyclic) bond motifs is 1. The summed E-state index contributed by atoms with van der Waals surface area (Å²) in [6.07, 6.45) is 1.17. The van der Waals surface area contributed by atoms with Gasteiger partial charge in [-0.3, -0.25) is 0 Å². The summed E-state index contributed by atoms with van der Waals surface area (Å²) >= 11 is 6.10. The number of benzene rings is 1. The number of para-hydroxylation sites is 1. The summed E-state index contributed by atoms with van der Waals surface area (Å²) < 4.78 is 20.3. The molecule has 4 heteroatoms. The fourth-order valence-corrected chi connectivity index (χ4v) is 2.98. The molecular formula is C13H15ClFNO. The van der Waals surface area contributed by atoms with E-state index in [2.05, 4.69) is 5.32 Å². The van der Waals surface area contributed by atoms with Crippen molar-refractivity contribution in [1.29, 1.82) is 0 Å². The Bertz CT molecular complexity index is 431. The molecule has 0 bridgehead atoms. The Kier molecular flexibility index (Phi) is 2.75. The molecular weight excluding hydrogens is 241 g/mol. The molecule has 92 valence electrons. The number of rotatable bonds is 0. The van der Waals surface area contributed by atoms with E-state index in [4.69, 9.17) is 16.3 Å². The van der Waals surface area contributed by atoms with Crippen molar-refractivity contribution in [2.24, 2.45) is 0 Å². The standard InChI is InChI=1S/C13H15ClFNO/c14-10-3-1-2-9-11(15)8-13(17-12(9)10)4-6-16-7-5-13/h1-3,11,16H,4-8H2. The van der Waals surface area contributed by atoms with E-state index in [0.29, 0.717) is 22.8 Å². The highest BCUT2D eigenvalue weighted by Crippen LogP contribution is 2.47. The highest BCUT2D eigenvalue weighted by molar-refractivity contribution is 6.32. The van der Waals surface area contributed by atoms with E-state index >= 15 is 0 Å². The first-order chi connectivity index (χ1) is 8.20. The molecule has 1 unspecified atom stereocenters. The van der Waals surface area contributed by atoms with Crippen molar-refractivity contribution < 1.29 is 9.13 Å². The highest BCUT2D eigenvalue weighted by atomic mass is 35.5. The van der Waals surface area contributed by atoms with Crippen molar-refractivity contribution in [2.75, 3.05) is 13.1 Å². The number of hydrogen-bond acceptors (Lipinski definition) is 2. The third-order valence-corrected chi connectivity index (χ3v) is 4.02. The number of alkyl halides is 1. The van der Waals surface area contributed by atoms with Crippen LogP contribution in [0.15, 0.2) is 18.2 Å². The maximum atomic E-state index is 14.2. The van der Waals surface area contributed by atoms with Crippen molar-refractivity contribution in [3.8, 4) is 5.75 Å². The lowest BCUT2D eigenvalue weighted by atomic mass is 9.83. The lowest BCUT2D eigenvalue weighted by Gasteiger charge is -2.43. The van der Waals surface area contributed by atoms with Gasteiger partial charge >= 0.3 is 0 Å². The smallest absolute Gasteiger partial charge is 0.144 e. The summed E-state index contributed by atoms with van der Waals surface area (Å²) in [5.41, 5.74) is 0.240. The van der Waals surface area contributed by atoms with Gasteiger partial charge in [-0.1, -0.05) is 23.7 Å². The van der Waals surface area contributed by atoms with Crippen molar-refractivity contribution >= 4 is 11.6 Å². The summed E-state index contributed by atoms with van der Waals surface area (Å²) in [5, 5.41) is 3.79. The van der Waals surface area contributed by atoms with E-state index in [-0.39, 0.29) is 5.60 Å². The van der Waals surface area contributed by atoms with Gasteiger partial charge in [0.2, 0.25) is 0 Å². The van der Waals surface area contributed by atoms with Crippen LogP contribution in [-0.2, 0) is 0 Å². The zero-order valence-electron chi connectivity index (χ0n) is 9.51. The topological polar surface area (TPSA) is 21.3 Å². The minimum atomic E-state index is -0.962. The van der Waals surface area contributed by atoms with Crippen LogP contribution in [0.4, 0.5) is 4.39 Å². The van der Waals surface area contributed by atoms with E-state index in [1.165, 1.54) is 0 Å². The molecule has 1 aromatic carbocycles. The molecule has 2 heterocycles. The molecule has 1 aromatic rings. The zero-order chi connectivity index (χ0) is 11.9. The summed E-state index contributed by atoms with van der Waals surface area (Å²) in [5.74, 6) is 0.551. The van der Waals surface area contributed by atoms with Crippen LogP contribution in [0.1, 0.15) is 31.0 Å². The Morgan fingerprint density at radius 2 is 2.12 bits per heavy atom. The third kappa shape index (κ3) is 1.91. The Morgan fingerprint density at radius 1 is 1.35 bits per heavy atom. The van der Waals surface area contributed by atoms with Crippen molar-refractivity contribution in [3.63, 3.8) is 0 Å². The van der Waals surface area contributed by atoms with Crippen LogP contribution >= 0.6 is 11.6 Å². The van der Waals surface area contributed by atoms with E-state index in [1.807, 2.05) is 0 Å². The molecule has 1 saturated heterocycles. The average molecular weight is 256 g/mol. The molecule has 0 aromatic heterocycles. The van der Waals surface area contributed by atoms with Gasteiger partial charge in [0.15, 0.2) is 0 Å².